The third-order valence-corrected chi connectivity index (χ3v) is 2.65. The molecule has 0 aliphatic rings. The Morgan fingerprint density at radius 1 is 1.50 bits per heavy atom. The van der Waals surface area contributed by atoms with Gasteiger partial charge in [-0.1, -0.05) is 42.8 Å². The van der Waals surface area contributed by atoms with Gasteiger partial charge < -0.3 is 5.73 Å². The van der Waals surface area contributed by atoms with Gasteiger partial charge in [-0.15, -0.1) is 6.58 Å². The SMILES string of the molecule is C=CC(C)(CN)Cc1cccc(C)c1. The molecule has 0 bridgehead atoms. The number of nitrogens with two attached hydrogens (primary N) is 1. The van der Waals surface area contributed by atoms with Gasteiger partial charge in [0.2, 0.25) is 0 Å². The van der Waals surface area contributed by atoms with E-state index in [1.54, 1.807) is 0 Å². The number of benzene rings is 1. The summed E-state index contributed by atoms with van der Waals surface area (Å²) in [6.07, 6.45) is 2.92. The first-order valence-electron chi connectivity index (χ1n) is 4.99. The van der Waals surface area contributed by atoms with Crippen molar-refractivity contribution in [3.63, 3.8) is 0 Å². The molecule has 1 rings (SSSR count). The van der Waals surface area contributed by atoms with Crippen molar-refractivity contribution in [2.24, 2.45) is 11.1 Å². The van der Waals surface area contributed by atoms with Crippen LogP contribution in [0.2, 0.25) is 0 Å². The van der Waals surface area contributed by atoms with Crippen LogP contribution < -0.4 is 5.73 Å². The molecule has 0 saturated heterocycles. The van der Waals surface area contributed by atoms with Gasteiger partial charge in [0, 0.05) is 12.0 Å². The van der Waals surface area contributed by atoms with Gasteiger partial charge in [-0.3, -0.25) is 0 Å². The van der Waals surface area contributed by atoms with Crippen LogP contribution in [0.15, 0.2) is 36.9 Å². The molecule has 1 unspecified atom stereocenters. The average molecular weight is 189 g/mol. The zero-order valence-electron chi connectivity index (χ0n) is 9.09. The molecule has 0 amide bonds. The van der Waals surface area contributed by atoms with Crippen LogP contribution in [0.5, 0.6) is 0 Å². The fraction of sp³-hybridized carbons (Fsp3) is 0.385. The Labute approximate surface area is 86.6 Å². The van der Waals surface area contributed by atoms with Crippen molar-refractivity contribution in [1.82, 2.24) is 0 Å². The van der Waals surface area contributed by atoms with E-state index in [1.807, 2.05) is 6.08 Å². The number of aryl methyl sites for hydroxylation is 1. The molecule has 0 aliphatic heterocycles. The minimum atomic E-state index is 0.0216. The molecule has 1 nitrogen and oxygen atoms in total. The monoisotopic (exact) mass is 189 g/mol. The molecule has 76 valence electrons. The summed E-state index contributed by atoms with van der Waals surface area (Å²) < 4.78 is 0. The largest absolute Gasteiger partial charge is 0.330 e. The predicted molar refractivity (Wildman–Crippen MR) is 62.2 cm³/mol. The van der Waals surface area contributed by atoms with Crippen LogP contribution in [0.25, 0.3) is 0 Å². The lowest BCUT2D eigenvalue weighted by atomic mass is 9.83. The zero-order valence-corrected chi connectivity index (χ0v) is 9.09. The molecule has 0 radical (unpaired) electrons. The average Bonchev–Trinajstić information content (AvgIpc) is 2.18. The van der Waals surface area contributed by atoms with Crippen molar-refractivity contribution in [2.45, 2.75) is 20.3 Å². The van der Waals surface area contributed by atoms with Crippen LogP contribution in [-0.2, 0) is 6.42 Å². The van der Waals surface area contributed by atoms with Gasteiger partial charge in [0.25, 0.3) is 0 Å². The van der Waals surface area contributed by atoms with E-state index in [0.29, 0.717) is 6.54 Å². The Bertz CT molecular complexity index is 317. The highest BCUT2D eigenvalue weighted by Gasteiger charge is 2.18. The van der Waals surface area contributed by atoms with E-state index in [1.165, 1.54) is 11.1 Å². The molecule has 1 heteroatoms. The van der Waals surface area contributed by atoms with Crippen molar-refractivity contribution in [2.75, 3.05) is 6.54 Å². The molecule has 1 aromatic carbocycles. The van der Waals surface area contributed by atoms with Crippen molar-refractivity contribution in [1.29, 1.82) is 0 Å². The van der Waals surface area contributed by atoms with Gasteiger partial charge in [0.15, 0.2) is 0 Å². The van der Waals surface area contributed by atoms with E-state index in [-0.39, 0.29) is 5.41 Å². The number of rotatable bonds is 4. The van der Waals surface area contributed by atoms with Gasteiger partial charge in [-0.05, 0) is 18.9 Å². The molecule has 0 spiro atoms. The summed E-state index contributed by atoms with van der Waals surface area (Å²) in [5, 5.41) is 0. The first kappa shape index (κ1) is 11.0. The molecule has 0 fully saturated rings. The lowest BCUT2D eigenvalue weighted by Gasteiger charge is -2.23. The molecule has 1 atom stereocenters. The molecule has 0 saturated carbocycles. The highest BCUT2D eigenvalue weighted by molar-refractivity contribution is 5.24. The molecular weight excluding hydrogens is 170 g/mol. The third kappa shape index (κ3) is 2.71. The second-order valence-corrected chi connectivity index (χ2v) is 4.23. The minimum Gasteiger partial charge on any atom is -0.330 e. The fourth-order valence-corrected chi connectivity index (χ4v) is 1.52. The second kappa shape index (κ2) is 4.43. The summed E-state index contributed by atoms with van der Waals surface area (Å²) in [5.74, 6) is 0. The highest BCUT2D eigenvalue weighted by atomic mass is 14.6. The highest BCUT2D eigenvalue weighted by Crippen LogP contribution is 2.22. The fourth-order valence-electron chi connectivity index (χ4n) is 1.52. The van der Waals surface area contributed by atoms with E-state index >= 15 is 0 Å². The van der Waals surface area contributed by atoms with Gasteiger partial charge >= 0.3 is 0 Å². The first-order valence-corrected chi connectivity index (χ1v) is 4.99. The van der Waals surface area contributed by atoms with Crippen LogP contribution >= 0.6 is 0 Å². The summed E-state index contributed by atoms with van der Waals surface area (Å²) in [4.78, 5) is 0. The molecule has 2 N–H and O–H groups in total. The van der Waals surface area contributed by atoms with Crippen molar-refractivity contribution >= 4 is 0 Å². The first-order chi connectivity index (χ1) is 6.59. The van der Waals surface area contributed by atoms with E-state index in [4.69, 9.17) is 5.73 Å². The Morgan fingerprint density at radius 3 is 2.71 bits per heavy atom. The van der Waals surface area contributed by atoms with Crippen molar-refractivity contribution in [3.8, 4) is 0 Å². The Kier molecular flexibility index (Phi) is 3.48. The van der Waals surface area contributed by atoms with E-state index in [0.717, 1.165) is 6.42 Å². The molecular formula is C13H19N. The maximum atomic E-state index is 5.73. The Balaban J connectivity index is 2.82. The predicted octanol–water partition coefficient (Wildman–Crippen LogP) is 2.69. The summed E-state index contributed by atoms with van der Waals surface area (Å²) >= 11 is 0. The summed E-state index contributed by atoms with van der Waals surface area (Å²) in [6, 6.07) is 8.55. The summed E-state index contributed by atoms with van der Waals surface area (Å²) in [5.41, 5.74) is 8.38. The van der Waals surface area contributed by atoms with Crippen molar-refractivity contribution < 1.29 is 0 Å². The van der Waals surface area contributed by atoms with Crippen LogP contribution in [0.3, 0.4) is 0 Å². The maximum absolute atomic E-state index is 5.73. The van der Waals surface area contributed by atoms with Crippen LogP contribution in [0.4, 0.5) is 0 Å². The standard InChI is InChI=1S/C13H19N/c1-4-13(3,10-14)9-12-7-5-6-11(2)8-12/h4-8H,1,9-10,14H2,2-3H3. The van der Waals surface area contributed by atoms with Crippen LogP contribution in [0.1, 0.15) is 18.1 Å². The van der Waals surface area contributed by atoms with Gasteiger partial charge in [0.1, 0.15) is 0 Å². The lowest BCUT2D eigenvalue weighted by molar-refractivity contribution is 0.439. The molecule has 1 aromatic rings. The lowest BCUT2D eigenvalue weighted by Crippen LogP contribution is -2.27. The van der Waals surface area contributed by atoms with E-state index in [9.17, 15) is 0 Å². The summed E-state index contributed by atoms with van der Waals surface area (Å²) in [7, 11) is 0. The van der Waals surface area contributed by atoms with Crippen LogP contribution in [-0.4, -0.2) is 6.54 Å². The van der Waals surface area contributed by atoms with E-state index in [2.05, 4.69) is 44.7 Å². The quantitative estimate of drug-likeness (QED) is 0.724. The maximum Gasteiger partial charge on any atom is 0.00146 e. The van der Waals surface area contributed by atoms with Crippen molar-refractivity contribution in [3.05, 3.63) is 48.0 Å². The van der Waals surface area contributed by atoms with E-state index < -0.39 is 0 Å². The summed E-state index contributed by atoms with van der Waals surface area (Å²) in [6.45, 7) is 8.74. The zero-order chi connectivity index (χ0) is 10.6. The topological polar surface area (TPSA) is 26.0 Å². The molecule has 14 heavy (non-hydrogen) atoms. The molecule has 0 aliphatic carbocycles. The minimum absolute atomic E-state index is 0.0216. The Morgan fingerprint density at radius 2 is 2.21 bits per heavy atom. The second-order valence-electron chi connectivity index (χ2n) is 4.23. The van der Waals surface area contributed by atoms with Gasteiger partial charge in [-0.2, -0.15) is 0 Å². The van der Waals surface area contributed by atoms with Gasteiger partial charge in [-0.25, -0.2) is 0 Å². The van der Waals surface area contributed by atoms with Crippen LogP contribution in [0, 0.1) is 12.3 Å². The molecule has 0 aromatic heterocycles. The van der Waals surface area contributed by atoms with Gasteiger partial charge in [0.05, 0.1) is 0 Å². The Hall–Kier alpha value is -1.08. The number of hydrogen-bond acceptors (Lipinski definition) is 1. The number of hydrogen-bond donors (Lipinski definition) is 1. The molecule has 0 heterocycles. The third-order valence-electron chi connectivity index (χ3n) is 2.65. The smallest absolute Gasteiger partial charge is 0.00146 e. The normalized spacial score (nSPS) is 14.8.